The lowest BCUT2D eigenvalue weighted by Gasteiger charge is -2.01. The molecule has 0 fully saturated rings. The maximum absolute atomic E-state index is 10.3. The number of unbranched alkanes of at least 4 members (excludes halogenated alkanes) is 2. The van der Waals surface area contributed by atoms with E-state index in [9.17, 15) is 19.8 Å². The molecule has 0 rings (SSSR count). The van der Waals surface area contributed by atoms with E-state index in [0.717, 1.165) is 0 Å². The van der Waals surface area contributed by atoms with E-state index < -0.39 is 16.9 Å². The van der Waals surface area contributed by atoms with Crippen LogP contribution in [-0.4, -0.2) is 28.6 Å². The van der Waals surface area contributed by atoms with Gasteiger partial charge in [0, 0.05) is 11.3 Å². The molecule has 7 heteroatoms. The van der Waals surface area contributed by atoms with Crippen LogP contribution in [0, 0.1) is 15.0 Å². The first-order chi connectivity index (χ1) is 6.57. The Bertz CT molecular complexity index is 218. The van der Waals surface area contributed by atoms with Gasteiger partial charge in [0.2, 0.25) is 6.54 Å². The Labute approximate surface area is 80.2 Å². The Hall–Kier alpha value is -1.53. The molecule has 0 aliphatic heterocycles. The standard InChI is InChI=1S/C7H12N2O5/c10-7(11)6(8-12)4-2-1-3-5-9(13)14/h6H,1-5H2,(H,10,11). The Morgan fingerprint density at radius 1 is 1.43 bits per heavy atom. The quantitative estimate of drug-likeness (QED) is 0.275. The molecule has 80 valence electrons. The minimum Gasteiger partial charge on any atom is -0.480 e. The molecule has 0 saturated carbocycles. The predicted octanol–water partition coefficient (Wildman–Crippen LogP) is 1.04. The number of hydrogen-bond donors (Lipinski definition) is 1. The maximum Gasteiger partial charge on any atom is 0.332 e. The molecule has 0 radical (unpaired) electrons. The van der Waals surface area contributed by atoms with Crippen molar-refractivity contribution in [3.63, 3.8) is 0 Å². The molecule has 0 saturated heterocycles. The van der Waals surface area contributed by atoms with Gasteiger partial charge in [-0.2, -0.15) is 0 Å². The van der Waals surface area contributed by atoms with Crippen LogP contribution in [0.1, 0.15) is 25.7 Å². The molecule has 1 unspecified atom stereocenters. The number of nitro groups is 1. The molecular weight excluding hydrogens is 192 g/mol. The van der Waals surface area contributed by atoms with E-state index in [1.54, 1.807) is 0 Å². The predicted molar refractivity (Wildman–Crippen MR) is 47.5 cm³/mol. The first-order valence-corrected chi connectivity index (χ1v) is 4.25. The molecular formula is C7H12N2O5. The molecule has 0 aliphatic rings. The first-order valence-electron chi connectivity index (χ1n) is 4.25. The van der Waals surface area contributed by atoms with Crippen molar-refractivity contribution in [2.45, 2.75) is 31.7 Å². The Balaban J connectivity index is 3.47. The molecule has 0 aromatic rings. The van der Waals surface area contributed by atoms with Crippen LogP contribution in [0.3, 0.4) is 0 Å². The van der Waals surface area contributed by atoms with Crippen LogP contribution in [0.25, 0.3) is 0 Å². The second-order valence-electron chi connectivity index (χ2n) is 2.87. The van der Waals surface area contributed by atoms with Crippen LogP contribution in [0.4, 0.5) is 0 Å². The van der Waals surface area contributed by atoms with Gasteiger partial charge in [-0.05, 0) is 12.8 Å². The summed E-state index contributed by atoms with van der Waals surface area (Å²) in [5.74, 6) is -1.24. The van der Waals surface area contributed by atoms with Gasteiger partial charge in [-0.25, -0.2) is 4.79 Å². The van der Waals surface area contributed by atoms with E-state index in [0.29, 0.717) is 19.3 Å². The second kappa shape index (κ2) is 6.93. The lowest BCUT2D eigenvalue weighted by atomic mass is 10.1. The molecule has 0 aliphatic carbocycles. The summed E-state index contributed by atoms with van der Waals surface area (Å²) in [6.07, 6.45) is 1.56. The highest BCUT2D eigenvalue weighted by atomic mass is 16.6. The minimum atomic E-state index is -1.24. The molecule has 0 spiro atoms. The van der Waals surface area contributed by atoms with Crippen LogP contribution in [0.2, 0.25) is 0 Å². The molecule has 14 heavy (non-hydrogen) atoms. The number of carboxylic acid groups (broad SMARTS) is 1. The highest BCUT2D eigenvalue weighted by molar-refractivity contribution is 5.73. The van der Waals surface area contributed by atoms with Gasteiger partial charge in [0.15, 0.2) is 6.04 Å². The van der Waals surface area contributed by atoms with Crippen molar-refractivity contribution in [1.29, 1.82) is 0 Å². The zero-order valence-corrected chi connectivity index (χ0v) is 7.59. The number of carbonyl (C=O) groups is 1. The third-order valence-corrected chi connectivity index (χ3v) is 1.73. The summed E-state index contributed by atoms with van der Waals surface area (Å²) < 4.78 is 0. The van der Waals surface area contributed by atoms with E-state index >= 15 is 0 Å². The zero-order chi connectivity index (χ0) is 11.0. The third-order valence-electron chi connectivity index (χ3n) is 1.73. The van der Waals surface area contributed by atoms with Gasteiger partial charge in [0.05, 0.1) is 0 Å². The molecule has 0 heterocycles. The zero-order valence-electron chi connectivity index (χ0n) is 7.59. The van der Waals surface area contributed by atoms with E-state index in [2.05, 4.69) is 5.18 Å². The highest BCUT2D eigenvalue weighted by Crippen LogP contribution is 2.06. The average Bonchev–Trinajstić information content (AvgIpc) is 2.10. The Kier molecular flexibility index (Phi) is 6.17. The van der Waals surface area contributed by atoms with Crippen molar-refractivity contribution in [3.8, 4) is 0 Å². The topological polar surface area (TPSA) is 110 Å². The minimum absolute atomic E-state index is 0.119. The number of carboxylic acids is 1. The lowest BCUT2D eigenvalue weighted by molar-refractivity contribution is -0.480. The fraction of sp³-hybridized carbons (Fsp3) is 0.857. The number of aliphatic carboxylic acids is 1. The van der Waals surface area contributed by atoms with Crippen LogP contribution in [0.15, 0.2) is 5.18 Å². The highest BCUT2D eigenvalue weighted by Gasteiger charge is 2.16. The molecule has 0 aromatic carbocycles. The summed E-state index contributed by atoms with van der Waals surface area (Å²) in [7, 11) is 0. The fourth-order valence-corrected chi connectivity index (χ4v) is 0.977. The summed E-state index contributed by atoms with van der Waals surface area (Å²) >= 11 is 0. The number of nitrogens with zero attached hydrogens (tertiary/aromatic N) is 2. The van der Waals surface area contributed by atoms with Crippen LogP contribution in [0.5, 0.6) is 0 Å². The molecule has 1 N–H and O–H groups in total. The van der Waals surface area contributed by atoms with Crippen LogP contribution < -0.4 is 0 Å². The van der Waals surface area contributed by atoms with Crippen molar-refractivity contribution in [2.75, 3.05) is 6.54 Å². The fourth-order valence-electron chi connectivity index (χ4n) is 0.977. The Morgan fingerprint density at radius 3 is 2.50 bits per heavy atom. The summed E-state index contributed by atoms with van der Waals surface area (Å²) in [4.78, 5) is 29.8. The first kappa shape index (κ1) is 12.5. The largest absolute Gasteiger partial charge is 0.480 e. The van der Waals surface area contributed by atoms with Crippen LogP contribution in [-0.2, 0) is 4.79 Å². The number of rotatable bonds is 8. The van der Waals surface area contributed by atoms with Gasteiger partial charge in [0.25, 0.3) is 0 Å². The summed E-state index contributed by atoms with van der Waals surface area (Å²) in [6, 6.07) is -1.22. The smallest absolute Gasteiger partial charge is 0.332 e. The Morgan fingerprint density at radius 2 is 2.07 bits per heavy atom. The van der Waals surface area contributed by atoms with Crippen molar-refractivity contribution >= 4 is 5.97 Å². The summed E-state index contributed by atoms with van der Waals surface area (Å²) in [6.45, 7) is -0.119. The maximum atomic E-state index is 10.3. The SMILES string of the molecule is O=NC(CCCCC[N+](=O)[O-])C(=O)O. The lowest BCUT2D eigenvalue weighted by Crippen LogP contribution is -2.16. The van der Waals surface area contributed by atoms with Gasteiger partial charge in [0.1, 0.15) is 0 Å². The van der Waals surface area contributed by atoms with Crippen molar-refractivity contribution in [1.82, 2.24) is 0 Å². The second-order valence-corrected chi connectivity index (χ2v) is 2.87. The van der Waals surface area contributed by atoms with Gasteiger partial charge in [-0.3, -0.25) is 10.1 Å². The molecule has 0 aromatic heterocycles. The van der Waals surface area contributed by atoms with Gasteiger partial charge < -0.3 is 5.11 Å². The summed E-state index contributed by atoms with van der Waals surface area (Å²) in [5.41, 5.74) is 0. The van der Waals surface area contributed by atoms with E-state index in [1.807, 2.05) is 0 Å². The van der Waals surface area contributed by atoms with E-state index in [1.165, 1.54) is 0 Å². The van der Waals surface area contributed by atoms with Crippen molar-refractivity contribution in [3.05, 3.63) is 15.0 Å². The molecule has 0 amide bonds. The average molecular weight is 204 g/mol. The van der Waals surface area contributed by atoms with Crippen molar-refractivity contribution in [2.24, 2.45) is 5.18 Å². The van der Waals surface area contributed by atoms with Gasteiger partial charge >= 0.3 is 5.97 Å². The van der Waals surface area contributed by atoms with E-state index in [4.69, 9.17) is 5.11 Å². The summed E-state index contributed by atoms with van der Waals surface area (Å²) in [5, 5.41) is 20.8. The molecule has 0 bridgehead atoms. The normalized spacial score (nSPS) is 12.0. The van der Waals surface area contributed by atoms with E-state index in [-0.39, 0.29) is 13.0 Å². The molecule has 1 atom stereocenters. The van der Waals surface area contributed by atoms with Crippen LogP contribution >= 0.6 is 0 Å². The number of hydrogen-bond acceptors (Lipinski definition) is 5. The monoisotopic (exact) mass is 204 g/mol. The van der Waals surface area contributed by atoms with Crippen molar-refractivity contribution < 1.29 is 14.8 Å². The van der Waals surface area contributed by atoms with Gasteiger partial charge in [-0.15, -0.1) is 4.91 Å². The number of nitroso groups, excluding NO2 is 1. The molecule has 7 nitrogen and oxygen atoms in total. The third kappa shape index (κ3) is 6.04. The van der Waals surface area contributed by atoms with Gasteiger partial charge in [-0.1, -0.05) is 11.6 Å².